The molecule has 1 rings (SSSR count). The van der Waals surface area contributed by atoms with Crippen molar-refractivity contribution in [2.75, 3.05) is 32.1 Å². The van der Waals surface area contributed by atoms with Crippen molar-refractivity contribution in [3.05, 3.63) is 29.0 Å². The van der Waals surface area contributed by atoms with E-state index in [0.717, 1.165) is 12.0 Å². The van der Waals surface area contributed by atoms with E-state index in [4.69, 9.17) is 11.6 Å². The van der Waals surface area contributed by atoms with Crippen LogP contribution in [0, 0.1) is 0 Å². The quantitative estimate of drug-likeness (QED) is 0.296. The highest BCUT2D eigenvalue weighted by molar-refractivity contribution is 14.0. The van der Waals surface area contributed by atoms with Gasteiger partial charge in [0.25, 0.3) is 0 Å². The zero-order valence-electron chi connectivity index (χ0n) is 12.0. The maximum absolute atomic E-state index is 11.0. The second-order valence-electron chi connectivity index (χ2n) is 4.29. The van der Waals surface area contributed by atoms with E-state index in [-0.39, 0.29) is 29.7 Å². The number of aromatic nitrogens is 1. The van der Waals surface area contributed by atoms with E-state index in [2.05, 4.69) is 20.6 Å². The first-order valence-electron chi connectivity index (χ1n) is 6.13. The molecule has 1 heterocycles. The summed E-state index contributed by atoms with van der Waals surface area (Å²) in [6.07, 6.45) is 3.71. The normalized spacial score (nSPS) is 11.7. The highest BCUT2D eigenvalue weighted by atomic mass is 127. The number of hydrogen-bond donors (Lipinski definition) is 2. The Kier molecular flexibility index (Phi) is 9.88. The largest absolute Gasteiger partial charge is 0.356 e. The van der Waals surface area contributed by atoms with Crippen LogP contribution < -0.4 is 10.6 Å². The van der Waals surface area contributed by atoms with Crippen LogP contribution in [0.4, 0.5) is 0 Å². The van der Waals surface area contributed by atoms with E-state index in [1.54, 1.807) is 19.3 Å². The molecule has 0 saturated heterocycles. The van der Waals surface area contributed by atoms with Crippen molar-refractivity contribution in [1.29, 1.82) is 0 Å². The molecule has 9 heteroatoms. The van der Waals surface area contributed by atoms with Gasteiger partial charge in [-0.05, 0) is 18.1 Å². The molecule has 0 amide bonds. The number of pyridine rings is 1. The summed E-state index contributed by atoms with van der Waals surface area (Å²) in [5.74, 6) is 0.657. The average molecular weight is 447 g/mol. The molecule has 120 valence electrons. The molecule has 0 aliphatic carbocycles. The van der Waals surface area contributed by atoms with Crippen LogP contribution in [0.5, 0.6) is 0 Å². The minimum absolute atomic E-state index is 0. The van der Waals surface area contributed by atoms with Crippen molar-refractivity contribution >= 4 is 51.4 Å². The molecule has 0 radical (unpaired) electrons. The van der Waals surface area contributed by atoms with Gasteiger partial charge < -0.3 is 10.6 Å². The lowest BCUT2D eigenvalue weighted by atomic mass is 10.2. The monoisotopic (exact) mass is 446 g/mol. The van der Waals surface area contributed by atoms with Gasteiger partial charge in [0.05, 0.1) is 5.75 Å². The van der Waals surface area contributed by atoms with Crippen LogP contribution in [-0.2, 0) is 16.3 Å². The van der Waals surface area contributed by atoms with Crippen LogP contribution in [-0.4, -0.2) is 51.5 Å². The second-order valence-corrected chi connectivity index (χ2v) is 6.94. The van der Waals surface area contributed by atoms with Gasteiger partial charge >= 0.3 is 0 Å². The van der Waals surface area contributed by atoms with E-state index in [9.17, 15) is 8.42 Å². The van der Waals surface area contributed by atoms with Crippen molar-refractivity contribution in [3.8, 4) is 0 Å². The Balaban J connectivity index is 0.00000400. The molecule has 2 N–H and O–H groups in total. The van der Waals surface area contributed by atoms with Gasteiger partial charge in [-0.2, -0.15) is 0 Å². The average Bonchev–Trinajstić information content (AvgIpc) is 2.38. The van der Waals surface area contributed by atoms with Crippen LogP contribution in [0.1, 0.15) is 5.56 Å². The van der Waals surface area contributed by atoms with Crippen LogP contribution in [0.15, 0.2) is 23.3 Å². The number of sulfone groups is 1. The summed E-state index contributed by atoms with van der Waals surface area (Å²) in [4.78, 5) is 8.01. The summed E-state index contributed by atoms with van der Waals surface area (Å²) in [6, 6.07) is 3.66. The third-order valence-electron chi connectivity index (χ3n) is 2.48. The number of nitrogens with one attached hydrogen (secondary N) is 2. The lowest BCUT2D eigenvalue weighted by Crippen LogP contribution is -2.40. The van der Waals surface area contributed by atoms with Crippen LogP contribution >= 0.6 is 35.6 Å². The van der Waals surface area contributed by atoms with Crippen LogP contribution in [0.25, 0.3) is 0 Å². The Morgan fingerprint density at radius 2 is 2.00 bits per heavy atom. The van der Waals surface area contributed by atoms with Gasteiger partial charge in [-0.25, -0.2) is 13.4 Å². The highest BCUT2D eigenvalue weighted by Crippen LogP contribution is 2.05. The summed E-state index contributed by atoms with van der Waals surface area (Å²) in [6.45, 7) is 1.00. The van der Waals surface area contributed by atoms with E-state index in [0.29, 0.717) is 24.2 Å². The van der Waals surface area contributed by atoms with Gasteiger partial charge in [-0.15, -0.1) is 24.0 Å². The standard InChI is InChI=1S/C12H19ClN4O2S.HI/c1-14-12(16-7-8-20(2,18)19)15-6-5-10-3-4-11(13)17-9-10;/h3-4,9H,5-8H2,1-2H3,(H2,14,15,16);1H. The first-order valence-corrected chi connectivity index (χ1v) is 8.57. The van der Waals surface area contributed by atoms with Crippen molar-refractivity contribution in [2.45, 2.75) is 6.42 Å². The summed E-state index contributed by atoms with van der Waals surface area (Å²) < 4.78 is 22.0. The number of halogens is 2. The Bertz CT molecular complexity index is 549. The molecule has 0 bridgehead atoms. The maximum Gasteiger partial charge on any atom is 0.191 e. The Hall–Kier alpha value is -0.610. The molecule has 1 aromatic heterocycles. The number of hydrogen-bond acceptors (Lipinski definition) is 4. The minimum Gasteiger partial charge on any atom is -0.356 e. The molecule has 0 unspecified atom stereocenters. The molecule has 0 spiro atoms. The molecule has 0 atom stereocenters. The van der Waals surface area contributed by atoms with Gasteiger partial charge in [-0.3, -0.25) is 4.99 Å². The Morgan fingerprint density at radius 3 is 2.52 bits per heavy atom. The fraction of sp³-hybridized carbons (Fsp3) is 0.500. The predicted octanol–water partition coefficient (Wildman–Crippen LogP) is 1.11. The first-order chi connectivity index (χ1) is 9.40. The zero-order chi connectivity index (χ0) is 15.0. The summed E-state index contributed by atoms with van der Waals surface area (Å²) >= 11 is 5.71. The Morgan fingerprint density at radius 1 is 1.33 bits per heavy atom. The molecule has 0 aromatic carbocycles. The van der Waals surface area contributed by atoms with Gasteiger partial charge in [-0.1, -0.05) is 17.7 Å². The third kappa shape index (κ3) is 9.86. The molecule has 1 aromatic rings. The second kappa shape index (κ2) is 10.2. The maximum atomic E-state index is 11.0. The minimum atomic E-state index is -2.96. The fourth-order valence-corrected chi connectivity index (χ4v) is 2.04. The zero-order valence-corrected chi connectivity index (χ0v) is 15.9. The van der Waals surface area contributed by atoms with Crippen LogP contribution in [0.3, 0.4) is 0 Å². The molecular weight excluding hydrogens is 427 g/mol. The van der Waals surface area contributed by atoms with E-state index < -0.39 is 9.84 Å². The van der Waals surface area contributed by atoms with Gasteiger partial charge in [0.15, 0.2) is 5.96 Å². The van der Waals surface area contributed by atoms with E-state index in [1.807, 2.05) is 6.07 Å². The highest BCUT2D eigenvalue weighted by Gasteiger charge is 2.03. The molecule has 0 saturated carbocycles. The van der Waals surface area contributed by atoms with Gasteiger partial charge in [0.1, 0.15) is 15.0 Å². The number of aliphatic imine (C=N–C) groups is 1. The Labute approximate surface area is 147 Å². The predicted molar refractivity (Wildman–Crippen MR) is 97.4 cm³/mol. The van der Waals surface area contributed by atoms with E-state index >= 15 is 0 Å². The third-order valence-corrected chi connectivity index (χ3v) is 3.65. The topological polar surface area (TPSA) is 83.4 Å². The van der Waals surface area contributed by atoms with Crippen molar-refractivity contribution in [3.63, 3.8) is 0 Å². The van der Waals surface area contributed by atoms with Crippen molar-refractivity contribution in [2.24, 2.45) is 4.99 Å². The molecule has 0 fully saturated rings. The lowest BCUT2D eigenvalue weighted by molar-refractivity contribution is 0.600. The number of rotatable bonds is 6. The molecule has 0 aliphatic heterocycles. The SMILES string of the molecule is CN=C(NCCc1ccc(Cl)nc1)NCCS(C)(=O)=O.I. The summed E-state index contributed by atoms with van der Waals surface area (Å²) in [5, 5.41) is 6.52. The van der Waals surface area contributed by atoms with Crippen molar-refractivity contribution < 1.29 is 8.42 Å². The van der Waals surface area contributed by atoms with Gasteiger partial charge in [0.2, 0.25) is 0 Å². The molecule has 0 aliphatic rings. The molecular formula is C12H20ClIN4O2S. The molecule has 21 heavy (non-hydrogen) atoms. The summed E-state index contributed by atoms with van der Waals surface area (Å²) in [7, 11) is -1.32. The lowest BCUT2D eigenvalue weighted by Gasteiger charge is -2.11. The molecule has 6 nitrogen and oxygen atoms in total. The van der Waals surface area contributed by atoms with Crippen molar-refractivity contribution in [1.82, 2.24) is 15.6 Å². The number of nitrogens with zero attached hydrogens (tertiary/aromatic N) is 2. The van der Waals surface area contributed by atoms with Crippen LogP contribution in [0.2, 0.25) is 5.15 Å². The van der Waals surface area contributed by atoms with E-state index in [1.165, 1.54) is 6.26 Å². The summed E-state index contributed by atoms with van der Waals surface area (Å²) in [5.41, 5.74) is 1.06. The first kappa shape index (κ1) is 20.4. The smallest absolute Gasteiger partial charge is 0.191 e. The fourth-order valence-electron chi connectivity index (χ4n) is 1.46. The number of guanidine groups is 1. The van der Waals surface area contributed by atoms with Gasteiger partial charge in [0, 0.05) is 32.6 Å².